The Bertz CT molecular complexity index is 1240. The number of nitrogens with zero attached hydrogens (tertiary/aromatic N) is 3. The summed E-state index contributed by atoms with van der Waals surface area (Å²) in [5.41, 5.74) is 3.32. The lowest BCUT2D eigenvalue weighted by atomic mass is 9.89. The lowest BCUT2D eigenvalue weighted by Crippen LogP contribution is -2.37. The molecular formula is C29H34FN3O3. The van der Waals surface area contributed by atoms with Gasteiger partial charge in [0, 0.05) is 36.7 Å². The van der Waals surface area contributed by atoms with E-state index in [-0.39, 0.29) is 11.7 Å². The summed E-state index contributed by atoms with van der Waals surface area (Å²) in [5, 5.41) is 1.04. The largest absolute Gasteiger partial charge is 0.494 e. The molecule has 5 rings (SSSR count). The molecule has 0 saturated carbocycles. The van der Waals surface area contributed by atoms with Crippen molar-refractivity contribution in [3.8, 4) is 11.5 Å². The average molecular weight is 492 g/mol. The molecule has 0 N–H and O–H groups in total. The van der Waals surface area contributed by atoms with E-state index in [2.05, 4.69) is 16.0 Å². The number of ether oxygens (including phenoxy) is 2. The van der Waals surface area contributed by atoms with Crippen molar-refractivity contribution in [1.82, 2.24) is 9.88 Å². The zero-order chi connectivity index (χ0) is 25.1. The molecule has 0 aliphatic carbocycles. The molecule has 0 atom stereocenters. The first-order valence-corrected chi connectivity index (χ1v) is 12.9. The molecule has 1 aromatic heterocycles. The van der Waals surface area contributed by atoms with Gasteiger partial charge in [0.05, 0.1) is 18.3 Å². The highest BCUT2D eigenvalue weighted by Gasteiger charge is 2.27. The number of likely N-dealkylation sites (tertiary alicyclic amines) is 1. The molecule has 0 bridgehead atoms. The molecule has 0 unspecified atom stereocenters. The second kappa shape index (κ2) is 10.8. The Morgan fingerprint density at radius 3 is 2.67 bits per heavy atom. The number of hydrogen-bond acceptors (Lipinski definition) is 5. The van der Waals surface area contributed by atoms with Crippen molar-refractivity contribution in [1.29, 1.82) is 0 Å². The molecule has 2 aromatic carbocycles. The number of piperidine rings is 1. The van der Waals surface area contributed by atoms with Crippen LogP contribution >= 0.6 is 0 Å². The van der Waals surface area contributed by atoms with E-state index in [0.29, 0.717) is 48.9 Å². The lowest BCUT2D eigenvalue weighted by molar-refractivity contribution is -0.117. The maximum Gasteiger partial charge on any atom is 0.227 e. The van der Waals surface area contributed by atoms with Crippen LogP contribution < -0.4 is 14.4 Å². The minimum absolute atomic E-state index is 0.0799. The Labute approximate surface area is 212 Å². The molecule has 6 nitrogen and oxygen atoms in total. The Hall–Kier alpha value is -3.19. The molecule has 2 fully saturated rings. The highest BCUT2D eigenvalue weighted by molar-refractivity contribution is 5.96. The SMILES string of the molecule is COc1cc(F)c(CC2CCN(CCOc3cccc4nc(C)ccc34)CC2)cc1N1CCCC1=O. The fourth-order valence-corrected chi connectivity index (χ4v) is 5.38. The number of amides is 1. The van der Waals surface area contributed by atoms with E-state index >= 15 is 0 Å². The van der Waals surface area contributed by atoms with Crippen molar-refractivity contribution in [2.45, 2.75) is 39.0 Å². The number of hydrogen-bond donors (Lipinski definition) is 0. The van der Waals surface area contributed by atoms with Gasteiger partial charge >= 0.3 is 0 Å². The molecule has 190 valence electrons. The molecular weight excluding hydrogens is 457 g/mol. The summed E-state index contributed by atoms with van der Waals surface area (Å²) in [6, 6.07) is 13.3. The first kappa shape index (κ1) is 24.5. The van der Waals surface area contributed by atoms with Gasteiger partial charge in [0.1, 0.15) is 23.9 Å². The molecule has 1 amide bonds. The van der Waals surface area contributed by atoms with Gasteiger partial charge in [-0.25, -0.2) is 4.39 Å². The van der Waals surface area contributed by atoms with Crippen LogP contribution in [0.2, 0.25) is 0 Å². The van der Waals surface area contributed by atoms with Crippen LogP contribution in [0.15, 0.2) is 42.5 Å². The third-order valence-electron chi connectivity index (χ3n) is 7.42. The number of pyridine rings is 1. The van der Waals surface area contributed by atoms with E-state index < -0.39 is 0 Å². The van der Waals surface area contributed by atoms with Crippen molar-refractivity contribution in [2.75, 3.05) is 44.8 Å². The van der Waals surface area contributed by atoms with Gasteiger partial charge in [-0.2, -0.15) is 0 Å². The van der Waals surface area contributed by atoms with Crippen molar-refractivity contribution in [3.05, 3.63) is 59.5 Å². The van der Waals surface area contributed by atoms with Gasteiger partial charge in [0.2, 0.25) is 5.91 Å². The third kappa shape index (κ3) is 5.31. The Morgan fingerprint density at radius 2 is 1.92 bits per heavy atom. The predicted molar refractivity (Wildman–Crippen MR) is 139 cm³/mol. The van der Waals surface area contributed by atoms with Crippen LogP contribution in [0.25, 0.3) is 10.9 Å². The van der Waals surface area contributed by atoms with Gasteiger partial charge in [0.15, 0.2) is 0 Å². The predicted octanol–water partition coefficient (Wildman–Crippen LogP) is 5.15. The molecule has 0 spiro atoms. The minimum Gasteiger partial charge on any atom is -0.494 e. The summed E-state index contributed by atoms with van der Waals surface area (Å²) in [7, 11) is 1.52. The van der Waals surface area contributed by atoms with Gasteiger partial charge in [-0.05, 0) is 87.5 Å². The number of aryl methyl sites for hydroxylation is 1. The van der Waals surface area contributed by atoms with Gasteiger partial charge in [-0.1, -0.05) is 6.07 Å². The molecule has 2 aliphatic heterocycles. The van der Waals surface area contributed by atoms with Crippen molar-refractivity contribution < 1.29 is 18.7 Å². The summed E-state index contributed by atoms with van der Waals surface area (Å²) in [4.78, 5) is 21.0. The highest BCUT2D eigenvalue weighted by Crippen LogP contribution is 2.35. The molecule has 3 aromatic rings. The number of methoxy groups -OCH3 is 1. The first-order chi connectivity index (χ1) is 17.5. The minimum atomic E-state index is -0.252. The Morgan fingerprint density at radius 1 is 1.08 bits per heavy atom. The van der Waals surface area contributed by atoms with Crippen LogP contribution in [0.3, 0.4) is 0 Å². The van der Waals surface area contributed by atoms with Crippen LogP contribution in [0, 0.1) is 18.7 Å². The smallest absolute Gasteiger partial charge is 0.227 e. The van der Waals surface area contributed by atoms with Gasteiger partial charge in [0.25, 0.3) is 0 Å². The zero-order valence-corrected chi connectivity index (χ0v) is 21.1. The standard InChI is InChI=1S/C29H34FN3O3/c1-20-8-9-23-25(31-20)5-3-6-27(23)36-16-15-32-13-10-21(11-14-32)17-22-18-26(28(35-2)19-24(22)30)33-12-4-7-29(33)34/h3,5-6,8-9,18-19,21H,4,7,10-17H2,1-2H3. The van der Waals surface area contributed by atoms with E-state index in [9.17, 15) is 9.18 Å². The van der Waals surface area contributed by atoms with Gasteiger partial charge in [-0.3, -0.25) is 14.7 Å². The fourth-order valence-electron chi connectivity index (χ4n) is 5.38. The number of anilines is 1. The number of carbonyl (C=O) groups excluding carboxylic acids is 1. The van der Waals surface area contributed by atoms with E-state index in [1.807, 2.05) is 37.3 Å². The molecule has 36 heavy (non-hydrogen) atoms. The second-order valence-corrected chi connectivity index (χ2v) is 9.88. The number of benzene rings is 2. The van der Waals surface area contributed by atoms with E-state index in [1.165, 1.54) is 13.2 Å². The maximum absolute atomic E-state index is 14.9. The van der Waals surface area contributed by atoms with E-state index in [1.54, 1.807) is 4.90 Å². The van der Waals surface area contributed by atoms with Crippen LogP contribution in [-0.4, -0.2) is 55.7 Å². The number of halogens is 1. The average Bonchev–Trinajstić information content (AvgIpc) is 3.31. The summed E-state index contributed by atoms with van der Waals surface area (Å²) >= 11 is 0. The van der Waals surface area contributed by atoms with Crippen LogP contribution in [0.1, 0.15) is 36.9 Å². The second-order valence-electron chi connectivity index (χ2n) is 9.88. The number of carbonyl (C=O) groups is 1. The van der Waals surface area contributed by atoms with Crippen molar-refractivity contribution in [3.63, 3.8) is 0 Å². The van der Waals surface area contributed by atoms with Crippen molar-refractivity contribution >= 4 is 22.5 Å². The highest BCUT2D eigenvalue weighted by atomic mass is 19.1. The monoisotopic (exact) mass is 491 g/mol. The quantitative estimate of drug-likeness (QED) is 0.436. The molecule has 0 radical (unpaired) electrons. The topological polar surface area (TPSA) is 54.9 Å². The van der Waals surface area contributed by atoms with Gasteiger partial charge in [-0.15, -0.1) is 0 Å². The Balaban J connectivity index is 1.15. The molecule has 2 aliphatic rings. The van der Waals surface area contributed by atoms with Crippen molar-refractivity contribution in [2.24, 2.45) is 5.92 Å². The van der Waals surface area contributed by atoms with Crippen LogP contribution in [-0.2, 0) is 11.2 Å². The molecule has 3 heterocycles. The molecule has 2 saturated heterocycles. The fraction of sp³-hybridized carbons (Fsp3) is 0.448. The van der Waals surface area contributed by atoms with Gasteiger partial charge < -0.3 is 14.4 Å². The van der Waals surface area contributed by atoms with Crippen LogP contribution in [0.4, 0.5) is 10.1 Å². The number of fused-ring (bicyclic) bond motifs is 1. The lowest BCUT2D eigenvalue weighted by Gasteiger charge is -2.32. The number of rotatable bonds is 8. The normalized spacial score (nSPS) is 17.2. The summed E-state index contributed by atoms with van der Waals surface area (Å²) in [6.07, 6.45) is 4.07. The molecule has 7 heteroatoms. The third-order valence-corrected chi connectivity index (χ3v) is 7.42. The Kier molecular flexibility index (Phi) is 7.37. The zero-order valence-electron chi connectivity index (χ0n) is 21.1. The summed E-state index contributed by atoms with van der Waals surface area (Å²) in [5.74, 6) is 1.55. The van der Waals surface area contributed by atoms with E-state index in [4.69, 9.17) is 9.47 Å². The first-order valence-electron chi connectivity index (χ1n) is 12.9. The van der Waals surface area contributed by atoms with E-state index in [0.717, 1.165) is 61.2 Å². The number of aromatic nitrogens is 1. The summed E-state index contributed by atoms with van der Waals surface area (Å²) < 4.78 is 26.4. The van der Waals surface area contributed by atoms with Crippen LogP contribution in [0.5, 0.6) is 11.5 Å². The summed E-state index contributed by atoms with van der Waals surface area (Å²) in [6.45, 7) is 6.08. The maximum atomic E-state index is 14.9.